The fourth-order valence-corrected chi connectivity index (χ4v) is 1.64. The standard InChI is InChI=1S/C12H9F4N3O2/c1-2-21-11(20)9-10(12(14,15)16)19(18-17-9)8-5-3-7(13)4-6-8/h3-6H,2H2,1H3. The van der Waals surface area contributed by atoms with Crippen molar-refractivity contribution >= 4 is 5.97 Å². The molecule has 0 aliphatic carbocycles. The largest absolute Gasteiger partial charge is 0.461 e. The zero-order valence-corrected chi connectivity index (χ0v) is 10.7. The zero-order valence-electron chi connectivity index (χ0n) is 10.7. The lowest BCUT2D eigenvalue weighted by atomic mass is 10.2. The summed E-state index contributed by atoms with van der Waals surface area (Å²) in [5.74, 6) is -1.84. The van der Waals surface area contributed by atoms with Crippen molar-refractivity contribution in [1.82, 2.24) is 15.0 Å². The highest BCUT2D eigenvalue weighted by atomic mass is 19.4. The summed E-state index contributed by atoms with van der Waals surface area (Å²) in [4.78, 5) is 11.5. The lowest BCUT2D eigenvalue weighted by Crippen LogP contribution is -2.18. The minimum atomic E-state index is -4.88. The van der Waals surface area contributed by atoms with E-state index in [9.17, 15) is 22.4 Å². The second-order valence-electron chi connectivity index (χ2n) is 3.89. The summed E-state index contributed by atoms with van der Waals surface area (Å²) in [7, 11) is 0. The topological polar surface area (TPSA) is 57.0 Å². The SMILES string of the molecule is CCOC(=O)c1nnn(-c2ccc(F)cc2)c1C(F)(F)F. The van der Waals surface area contributed by atoms with Gasteiger partial charge in [-0.15, -0.1) is 5.10 Å². The smallest absolute Gasteiger partial charge is 0.436 e. The third kappa shape index (κ3) is 3.01. The second-order valence-corrected chi connectivity index (χ2v) is 3.89. The monoisotopic (exact) mass is 303 g/mol. The predicted molar refractivity (Wildman–Crippen MR) is 62.3 cm³/mol. The van der Waals surface area contributed by atoms with E-state index in [1.165, 1.54) is 6.92 Å². The molecule has 1 heterocycles. The number of aromatic nitrogens is 3. The number of carbonyl (C=O) groups excluding carboxylic acids is 1. The first-order chi connectivity index (χ1) is 9.84. The molecule has 0 aliphatic rings. The van der Waals surface area contributed by atoms with Crippen LogP contribution >= 0.6 is 0 Å². The number of hydrogen-bond donors (Lipinski definition) is 0. The van der Waals surface area contributed by atoms with Gasteiger partial charge in [0.1, 0.15) is 5.82 Å². The first-order valence-electron chi connectivity index (χ1n) is 5.80. The van der Waals surface area contributed by atoms with Crippen molar-refractivity contribution in [2.75, 3.05) is 6.61 Å². The van der Waals surface area contributed by atoms with E-state index in [-0.39, 0.29) is 12.3 Å². The van der Waals surface area contributed by atoms with E-state index in [0.29, 0.717) is 4.68 Å². The van der Waals surface area contributed by atoms with Crippen LogP contribution in [-0.2, 0) is 10.9 Å². The summed E-state index contributed by atoms with van der Waals surface area (Å²) in [6, 6.07) is 4.13. The molecular weight excluding hydrogens is 294 g/mol. The molecule has 0 spiro atoms. The quantitative estimate of drug-likeness (QED) is 0.646. The molecular formula is C12H9F4N3O2. The number of benzene rings is 1. The van der Waals surface area contributed by atoms with Crippen LogP contribution in [0.25, 0.3) is 5.69 Å². The highest BCUT2D eigenvalue weighted by Gasteiger charge is 2.42. The third-order valence-electron chi connectivity index (χ3n) is 2.48. The summed E-state index contributed by atoms with van der Waals surface area (Å²) in [5.41, 5.74) is -2.38. The lowest BCUT2D eigenvalue weighted by Gasteiger charge is -2.10. The molecule has 5 nitrogen and oxygen atoms in total. The van der Waals surface area contributed by atoms with Crippen LogP contribution in [0, 0.1) is 5.82 Å². The van der Waals surface area contributed by atoms with Crippen LogP contribution in [-0.4, -0.2) is 27.6 Å². The molecule has 0 bridgehead atoms. The maximum Gasteiger partial charge on any atom is 0.436 e. The minimum Gasteiger partial charge on any atom is -0.461 e. The molecule has 2 aromatic rings. The van der Waals surface area contributed by atoms with E-state index in [2.05, 4.69) is 15.0 Å². The molecule has 0 saturated heterocycles. The van der Waals surface area contributed by atoms with Crippen LogP contribution < -0.4 is 0 Å². The summed E-state index contributed by atoms with van der Waals surface area (Å²) >= 11 is 0. The van der Waals surface area contributed by atoms with E-state index < -0.39 is 29.4 Å². The van der Waals surface area contributed by atoms with Crippen molar-refractivity contribution in [2.45, 2.75) is 13.1 Å². The number of carbonyl (C=O) groups is 1. The maximum absolute atomic E-state index is 13.1. The predicted octanol–water partition coefficient (Wildman–Crippen LogP) is 2.60. The molecule has 0 fully saturated rings. The highest BCUT2D eigenvalue weighted by molar-refractivity contribution is 5.88. The first kappa shape index (κ1) is 14.9. The van der Waals surface area contributed by atoms with Crippen molar-refractivity contribution in [3.05, 3.63) is 41.5 Å². The average Bonchev–Trinajstić information content (AvgIpc) is 2.84. The zero-order chi connectivity index (χ0) is 15.6. The summed E-state index contributed by atoms with van der Waals surface area (Å²) in [5, 5.41) is 6.53. The Labute approximate surface area is 116 Å². The fraction of sp³-hybridized carbons (Fsp3) is 0.250. The molecule has 1 aromatic carbocycles. The van der Waals surface area contributed by atoms with Crippen molar-refractivity contribution < 1.29 is 27.1 Å². The Kier molecular flexibility index (Phi) is 3.92. The molecule has 0 saturated carbocycles. The molecule has 0 N–H and O–H groups in total. The Bertz CT molecular complexity index is 650. The Hall–Kier alpha value is -2.45. The van der Waals surface area contributed by atoms with Gasteiger partial charge >= 0.3 is 12.1 Å². The second kappa shape index (κ2) is 5.51. The van der Waals surface area contributed by atoms with Gasteiger partial charge in [0.2, 0.25) is 5.69 Å². The molecule has 2 rings (SSSR count). The molecule has 0 atom stereocenters. The normalized spacial score (nSPS) is 11.5. The van der Waals surface area contributed by atoms with Crippen molar-refractivity contribution in [1.29, 1.82) is 0 Å². The third-order valence-corrected chi connectivity index (χ3v) is 2.48. The maximum atomic E-state index is 13.1. The van der Waals surface area contributed by atoms with Crippen molar-refractivity contribution in [3.63, 3.8) is 0 Å². The first-order valence-corrected chi connectivity index (χ1v) is 5.80. The van der Waals surface area contributed by atoms with Gasteiger partial charge in [0.25, 0.3) is 0 Å². The number of ether oxygens (including phenoxy) is 1. The Morgan fingerprint density at radius 3 is 2.43 bits per heavy atom. The van der Waals surface area contributed by atoms with Crippen LogP contribution in [0.5, 0.6) is 0 Å². The van der Waals surface area contributed by atoms with Crippen LogP contribution in [0.1, 0.15) is 23.1 Å². The van der Waals surface area contributed by atoms with Gasteiger partial charge in [-0.3, -0.25) is 0 Å². The van der Waals surface area contributed by atoms with Gasteiger partial charge in [0.05, 0.1) is 12.3 Å². The van der Waals surface area contributed by atoms with Gasteiger partial charge in [-0.1, -0.05) is 5.21 Å². The van der Waals surface area contributed by atoms with E-state index >= 15 is 0 Å². The van der Waals surface area contributed by atoms with E-state index in [4.69, 9.17) is 0 Å². The van der Waals surface area contributed by atoms with Crippen molar-refractivity contribution in [3.8, 4) is 5.69 Å². The Morgan fingerprint density at radius 1 is 1.29 bits per heavy atom. The van der Waals surface area contributed by atoms with Gasteiger partial charge in [0.15, 0.2) is 5.69 Å². The van der Waals surface area contributed by atoms with E-state index in [0.717, 1.165) is 24.3 Å². The fourth-order valence-electron chi connectivity index (χ4n) is 1.64. The van der Waals surface area contributed by atoms with Gasteiger partial charge in [-0.25, -0.2) is 13.9 Å². The lowest BCUT2D eigenvalue weighted by molar-refractivity contribution is -0.143. The highest BCUT2D eigenvalue weighted by Crippen LogP contribution is 2.33. The number of alkyl halides is 3. The van der Waals surface area contributed by atoms with Crippen LogP contribution in [0.3, 0.4) is 0 Å². The molecule has 0 amide bonds. The molecule has 112 valence electrons. The van der Waals surface area contributed by atoms with E-state index in [1.54, 1.807) is 0 Å². The number of esters is 1. The van der Waals surface area contributed by atoms with Crippen molar-refractivity contribution in [2.24, 2.45) is 0 Å². The van der Waals surface area contributed by atoms with Crippen LogP contribution in [0.15, 0.2) is 24.3 Å². The molecule has 0 radical (unpaired) electrons. The number of nitrogens with zero attached hydrogens (tertiary/aromatic N) is 3. The van der Waals surface area contributed by atoms with Crippen LogP contribution in [0.4, 0.5) is 17.6 Å². The number of halogens is 4. The van der Waals surface area contributed by atoms with Gasteiger partial charge in [0, 0.05) is 0 Å². The van der Waals surface area contributed by atoms with E-state index in [1.807, 2.05) is 0 Å². The molecule has 0 unspecified atom stereocenters. The summed E-state index contributed by atoms with van der Waals surface area (Å²) in [6.45, 7) is 1.36. The average molecular weight is 303 g/mol. The molecule has 0 aliphatic heterocycles. The molecule has 9 heteroatoms. The summed E-state index contributed by atoms with van der Waals surface area (Å²) < 4.78 is 57.1. The van der Waals surface area contributed by atoms with Crippen LogP contribution in [0.2, 0.25) is 0 Å². The van der Waals surface area contributed by atoms with Gasteiger partial charge in [-0.05, 0) is 31.2 Å². The number of rotatable bonds is 3. The Morgan fingerprint density at radius 2 is 1.90 bits per heavy atom. The summed E-state index contributed by atoms with van der Waals surface area (Å²) in [6.07, 6.45) is -4.88. The van der Waals surface area contributed by atoms with Gasteiger partial charge < -0.3 is 4.74 Å². The molecule has 1 aromatic heterocycles. The Balaban J connectivity index is 2.57. The number of hydrogen-bond acceptors (Lipinski definition) is 4. The van der Waals surface area contributed by atoms with Gasteiger partial charge in [-0.2, -0.15) is 13.2 Å². The molecule has 21 heavy (non-hydrogen) atoms. The minimum absolute atomic E-state index is 0.0771.